The van der Waals surface area contributed by atoms with Crippen molar-refractivity contribution in [3.8, 4) is 10.4 Å². The van der Waals surface area contributed by atoms with E-state index in [2.05, 4.69) is 10.3 Å². The second-order valence-electron chi connectivity index (χ2n) is 8.92. The highest BCUT2D eigenvalue weighted by molar-refractivity contribution is 7.13. The number of hydrogen-bond donors (Lipinski definition) is 3. The summed E-state index contributed by atoms with van der Waals surface area (Å²) in [5.41, 5.74) is 10.6. The van der Waals surface area contributed by atoms with Gasteiger partial charge in [0, 0.05) is 19.5 Å². The minimum atomic E-state index is -0.735. The molecule has 0 spiro atoms. The molecule has 0 saturated carbocycles. The molecule has 1 aromatic heterocycles. The number of carbonyl (C=O) groups is 2. The lowest BCUT2D eigenvalue weighted by Gasteiger charge is -2.32. The Morgan fingerprint density at radius 1 is 1.33 bits per heavy atom. The minimum absolute atomic E-state index is 0.129. The van der Waals surface area contributed by atoms with Crippen molar-refractivity contribution < 1.29 is 14.7 Å². The molecule has 0 aliphatic carbocycles. The summed E-state index contributed by atoms with van der Waals surface area (Å²) in [6.07, 6.45) is -0.503. The lowest BCUT2D eigenvalue weighted by molar-refractivity contribution is -0.141. The van der Waals surface area contributed by atoms with Gasteiger partial charge in [0.1, 0.15) is 6.04 Å². The van der Waals surface area contributed by atoms with Crippen LogP contribution in [0.3, 0.4) is 0 Å². The molecule has 4 N–H and O–H groups in total. The van der Waals surface area contributed by atoms with E-state index in [1.54, 1.807) is 11.3 Å². The first kappa shape index (κ1) is 22.4. The molecule has 1 fully saturated rings. The van der Waals surface area contributed by atoms with Crippen LogP contribution in [0.1, 0.15) is 38.4 Å². The molecule has 162 valence electrons. The number of aliphatic hydroxyl groups is 1. The highest BCUT2D eigenvalue weighted by atomic mass is 32.1. The van der Waals surface area contributed by atoms with E-state index in [-0.39, 0.29) is 24.8 Å². The summed E-state index contributed by atoms with van der Waals surface area (Å²) >= 11 is 1.60. The molecule has 1 aliphatic rings. The Hall–Kier alpha value is -2.29. The Morgan fingerprint density at radius 2 is 2.00 bits per heavy atom. The summed E-state index contributed by atoms with van der Waals surface area (Å²) in [6.45, 7) is 8.11. The van der Waals surface area contributed by atoms with Crippen molar-refractivity contribution in [2.24, 2.45) is 11.1 Å². The molecule has 7 nitrogen and oxygen atoms in total. The quantitative estimate of drug-likeness (QED) is 0.673. The molecule has 1 aromatic carbocycles. The molecule has 2 aromatic rings. The molecule has 30 heavy (non-hydrogen) atoms. The van der Waals surface area contributed by atoms with Crippen molar-refractivity contribution in [2.45, 2.75) is 58.8 Å². The highest BCUT2D eigenvalue weighted by Crippen LogP contribution is 2.27. The lowest BCUT2D eigenvalue weighted by Crippen LogP contribution is -2.54. The van der Waals surface area contributed by atoms with Gasteiger partial charge < -0.3 is 21.1 Å². The zero-order chi connectivity index (χ0) is 22.1. The van der Waals surface area contributed by atoms with Crippen LogP contribution in [0.15, 0.2) is 29.8 Å². The maximum Gasteiger partial charge on any atom is 0.243 e. The van der Waals surface area contributed by atoms with E-state index < -0.39 is 23.6 Å². The number of nitrogens with zero attached hydrogens (tertiary/aromatic N) is 2. The fourth-order valence-corrected chi connectivity index (χ4v) is 4.33. The number of aliphatic hydroxyl groups excluding tert-OH is 1. The van der Waals surface area contributed by atoms with Crippen LogP contribution in [0.25, 0.3) is 10.4 Å². The first-order chi connectivity index (χ1) is 14.1. The molecule has 3 rings (SSSR count). The van der Waals surface area contributed by atoms with Crippen LogP contribution in [0.4, 0.5) is 0 Å². The second-order valence-corrected chi connectivity index (χ2v) is 9.78. The Kier molecular flexibility index (Phi) is 6.59. The van der Waals surface area contributed by atoms with Crippen LogP contribution in [0.5, 0.6) is 0 Å². The molecule has 0 radical (unpaired) electrons. The van der Waals surface area contributed by atoms with Crippen LogP contribution in [0.2, 0.25) is 0 Å². The van der Waals surface area contributed by atoms with Gasteiger partial charge in [-0.3, -0.25) is 9.59 Å². The highest BCUT2D eigenvalue weighted by Gasteiger charge is 2.42. The number of hydrogen-bond acceptors (Lipinski definition) is 6. The normalized spacial score (nSPS) is 20.3. The van der Waals surface area contributed by atoms with Gasteiger partial charge in [0.25, 0.3) is 0 Å². The Bertz CT molecular complexity index is 904. The van der Waals surface area contributed by atoms with Crippen LogP contribution >= 0.6 is 11.3 Å². The SMILES string of the molecule is Cc1ncsc1-c1ccc(CNC(=O)[C@H]2C[C@H](O)CN2C(=O)[C@@H](N)C(C)(C)C)cc1. The number of rotatable bonds is 5. The monoisotopic (exact) mass is 430 g/mol. The largest absolute Gasteiger partial charge is 0.391 e. The van der Waals surface area contributed by atoms with Crippen LogP contribution in [-0.2, 0) is 16.1 Å². The average molecular weight is 431 g/mol. The van der Waals surface area contributed by atoms with Crippen LogP contribution < -0.4 is 11.1 Å². The molecule has 3 atom stereocenters. The van der Waals surface area contributed by atoms with E-state index >= 15 is 0 Å². The van der Waals surface area contributed by atoms with Gasteiger partial charge in [-0.1, -0.05) is 45.0 Å². The third-order valence-electron chi connectivity index (χ3n) is 5.49. The molecule has 0 unspecified atom stereocenters. The fourth-order valence-electron chi connectivity index (χ4n) is 3.51. The fraction of sp³-hybridized carbons (Fsp3) is 0.500. The van der Waals surface area contributed by atoms with Crippen molar-refractivity contribution >= 4 is 23.2 Å². The van der Waals surface area contributed by atoms with E-state index in [9.17, 15) is 14.7 Å². The van der Waals surface area contributed by atoms with Crippen molar-refractivity contribution in [1.82, 2.24) is 15.2 Å². The van der Waals surface area contributed by atoms with Gasteiger partial charge in [-0.2, -0.15) is 0 Å². The van der Waals surface area contributed by atoms with E-state index in [4.69, 9.17) is 5.73 Å². The molecule has 2 amide bonds. The number of β-amino-alcohol motifs (C(OH)–C–C–N with tert-alkyl or cyclic N) is 1. The predicted molar refractivity (Wildman–Crippen MR) is 118 cm³/mol. The maximum absolute atomic E-state index is 12.8. The number of nitrogens with one attached hydrogen (secondary N) is 1. The smallest absolute Gasteiger partial charge is 0.243 e. The Labute approximate surface area is 181 Å². The summed E-state index contributed by atoms with van der Waals surface area (Å²) in [5.74, 6) is -0.577. The lowest BCUT2D eigenvalue weighted by atomic mass is 9.86. The van der Waals surface area contributed by atoms with Crippen molar-refractivity contribution in [3.05, 3.63) is 41.0 Å². The van der Waals surface area contributed by atoms with Gasteiger partial charge in [-0.15, -0.1) is 11.3 Å². The summed E-state index contributed by atoms with van der Waals surface area (Å²) < 4.78 is 0. The van der Waals surface area contributed by atoms with Crippen LogP contribution in [-0.4, -0.2) is 51.5 Å². The molecular formula is C22H30N4O3S. The molecule has 1 aliphatic heterocycles. The molecule has 1 saturated heterocycles. The predicted octanol–water partition coefficient (Wildman–Crippen LogP) is 2.07. The summed E-state index contributed by atoms with van der Waals surface area (Å²) in [6, 6.07) is 6.52. The van der Waals surface area contributed by atoms with Crippen molar-refractivity contribution in [2.75, 3.05) is 6.54 Å². The number of amides is 2. The van der Waals surface area contributed by atoms with Gasteiger partial charge in [0.2, 0.25) is 11.8 Å². The number of benzene rings is 1. The first-order valence-corrected chi connectivity index (χ1v) is 11.0. The summed E-state index contributed by atoms with van der Waals surface area (Å²) in [5, 5.41) is 13.0. The van der Waals surface area contributed by atoms with Gasteiger partial charge >= 0.3 is 0 Å². The number of carbonyl (C=O) groups excluding carboxylic acids is 2. The maximum atomic E-state index is 12.8. The van der Waals surface area contributed by atoms with Crippen LogP contribution in [0, 0.1) is 12.3 Å². The Morgan fingerprint density at radius 3 is 2.57 bits per heavy atom. The van der Waals surface area contributed by atoms with E-state index in [0.717, 1.165) is 21.7 Å². The van der Waals surface area contributed by atoms with E-state index in [1.165, 1.54) is 4.90 Å². The summed E-state index contributed by atoms with van der Waals surface area (Å²) in [4.78, 5) is 32.4. The van der Waals surface area contributed by atoms with Crippen molar-refractivity contribution in [3.63, 3.8) is 0 Å². The topological polar surface area (TPSA) is 109 Å². The van der Waals surface area contributed by atoms with Gasteiger partial charge in [-0.25, -0.2) is 4.98 Å². The first-order valence-electron chi connectivity index (χ1n) is 10.1. The Balaban J connectivity index is 1.63. The number of likely N-dealkylation sites (tertiary alicyclic amines) is 1. The van der Waals surface area contributed by atoms with Gasteiger partial charge in [0.05, 0.1) is 28.2 Å². The second kappa shape index (κ2) is 8.83. The van der Waals surface area contributed by atoms with Gasteiger partial charge in [-0.05, 0) is 23.5 Å². The van der Waals surface area contributed by atoms with Gasteiger partial charge in [0.15, 0.2) is 0 Å². The number of aryl methyl sites for hydroxylation is 1. The zero-order valence-electron chi connectivity index (χ0n) is 17.9. The number of aromatic nitrogens is 1. The zero-order valence-corrected chi connectivity index (χ0v) is 18.7. The standard InChI is InChI=1S/C22H30N4O3S/c1-13-18(30-12-25-13)15-7-5-14(6-8-15)10-24-20(28)17-9-16(27)11-26(17)21(29)19(23)22(2,3)4/h5-8,12,16-17,19,27H,9-11,23H2,1-4H3,(H,24,28)/t16-,17+,19+/m0/s1. The van der Waals surface area contributed by atoms with E-state index in [1.807, 2.05) is 57.5 Å². The van der Waals surface area contributed by atoms with E-state index in [0.29, 0.717) is 6.54 Å². The van der Waals surface area contributed by atoms with Crippen molar-refractivity contribution in [1.29, 1.82) is 0 Å². The third-order valence-corrected chi connectivity index (χ3v) is 6.47. The minimum Gasteiger partial charge on any atom is -0.391 e. The average Bonchev–Trinajstić information content (AvgIpc) is 3.30. The molecular weight excluding hydrogens is 400 g/mol. The molecule has 8 heteroatoms. The number of thiazole rings is 1. The number of nitrogens with two attached hydrogens (primary N) is 1. The molecule has 2 heterocycles. The summed E-state index contributed by atoms with van der Waals surface area (Å²) in [7, 11) is 0. The molecule has 0 bridgehead atoms. The third kappa shape index (κ3) is 4.88.